The second-order valence-corrected chi connectivity index (χ2v) is 4.38. The van der Waals surface area contributed by atoms with Gasteiger partial charge in [0.2, 0.25) is 0 Å². The molecule has 1 N–H and O–H groups in total. The maximum atomic E-state index is 13.5. The van der Waals surface area contributed by atoms with Gasteiger partial charge in [-0.15, -0.1) is 0 Å². The fraction of sp³-hybridized carbons (Fsp3) is 0.462. The van der Waals surface area contributed by atoms with Gasteiger partial charge in [-0.2, -0.15) is 0 Å². The third kappa shape index (κ3) is 2.75. The molecule has 0 unspecified atom stereocenters. The van der Waals surface area contributed by atoms with E-state index in [4.69, 9.17) is 9.84 Å². The van der Waals surface area contributed by atoms with Gasteiger partial charge in [0.1, 0.15) is 5.56 Å². The van der Waals surface area contributed by atoms with Crippen LogP contribution in [0.1, 0.15) is 36.0 Å². The number of halogens is 1. The van der Waals surface area contributed by atoms with Crippen LogP contribution in [-0.4, -0.2) is 17.7 Å². The van der Waals surface area contributed by atoms with Crippen LogP contribution in [0.15, 0.2) is 18.2 Å². The maximum Gasteiger partial charge on any atom is 0.339 e. The van der Waals surface area contributed by atoms with Gasteiger partial charge < -0.3 is 9.84 Å². The van der Waals surface area contributed by atoms with Crippen LogP contribution in [0, 0.1) is 11.7 Å². The molecule has 1 aromatic carbocycles. The molecule has 1 aliphatic carbocycles. The summed E-state index contributed by atoms with van der Waals surface area (Å²) in [6.45, 7) is 0.404. The Kier molecular flexibility index (Phi) is 3.61. The number of benzene rings is 1. The molecule has 17 heavy (non-hydrogen) atoms. The number of hydrogen-bond donors (Lipinski definition) is 1. The van der Waals surface area contributed by atoms with E-state index in [0.717, 1.165) is 12.8 Å². The summed E-state index contributed by atoms with van der Waals surface area (Å²) in [5, 5.41) is 8.94. The predicted molar refractivity (Wildman–Crippen MR) is 60.8 cm³/mol. The van der Waals surface area contributed by atoms with E-state index in [1.165, 1.54) is 31.0 Å². The van der Waals surface area contributed by atoms with Gasteiger partial charge >= 0.3 is 5.97 Å². The largest absolute Gasteiger partial charge is 0.489 e. The van der Waals surface area contributed by atoms with Crippen molar-refractivity contribution < 1.29 is 19.0 Å². The average Bonchev–Trinajstić information content (AvgIpc) is 2.80. The van der Waals surface area contributed by atoms with E-state index >= 15 is 0 Å². The molecule has 0 aromatic heterocycles. The van der Waals surface area contributed by atoms with E-state index in [0.29, 0.717) is 12.5 Å². The molecule has 2 rings (SSSR count). The van der Waals surface area contributed by atoms with E-state index in [1.807, 2.05) is 0 Å². The lowest BCUT2D eigenvalue weighted by molar-refractivity contribution is 0.0690. The van der Waals surface area contributed by atoms with Crippen molar-refractivity contribution in [2.24, 2.45) is 5.92 Å². The minimum atomic E-state index is -1.16. The summed E-state index contributed by atoms with van der Waals surface area (Å²) in [6.07, 6.45) is 4.52. The highest BCUT2D eigenvalue weighted by Crippen LogP contribution is 2.28. The Morgan fingerprint density at radius 3 is 2.76 bits per heavy atom. The summed E-state index contributed by atoms with van der Waals surface area (Å²) in [6, 6.07) is 3.95. The second kappa shape index (κ2) is 5.17. The van der Waals surface area contributed by atoms with E-state index in [-0.39, 0.29) is 11.3 Å². The number of ether oxygens (including phenoxy) is 1. The van der Waals surface area contributed by atoms with Gasteiger partial charge in [-0.3, -0.25) is 0 Å². The smallest absolute Gasteiger partial charge is 0.339 e. The molecule has 0 aliphatic heterocycles. The van der Waals surface area contributed by atoms with Gasteiger partial charge in [0.25, 0.3) is 0 Å². The number of rotatable bonds is 4. The molecule has 0 atom stereocenters. The molecule has 0 bridgehead atoms. The van der Waals surface area contributed by atoms with Crippen LogP contribution < -0.4 is 4.74 Å². The first-order valence-electron chi connectivity index (χ1n) is 5.83. The lowest BCUT2D eigenvalue weighted by atomic mass is 10.1. The summed E-state index contributed by atoms with van der Waals surface area (Å²) >= 11 is 0. The number of aromatic carboxylic acids is 1. The minimum Gasteiger partial charge on any atom is -0.489 e. The molecule has 3 nitrogen and oxygen atoms in total. The maximum absolute atomic E-state index is 13.5. The number of carboxylic acid groups (broad SMARTS) is 1. The van der Waals surface area contributed by atoms with Crippen molar-refractivity contribution >= 4 is 5.97 Å². The molecule has 1 saturated carbocycles. The van der Waals surface area contributed by atoms with Gasteiger partial charge in [-0.25, -0.2) is 9.18 Å². The Morgan fingerprint density at radius 1 is 1.41 bits per heavy atom. The van der Waals surface area contributed by atoms with Crippen LogP contribution in [0.5, 0.6) is 5.75 Å². The highest BCUT2D eigenvalue weighted by Gasteiger charge is 2.19. The molecule has 1 fully saturated rings. The molecular formula is C13H15FO3. The third-order valence-corrected chi connectivity index (χ3v) is 3.14. The normalized spacial score (nSPS) is 16.1. The third-order valence-electron chi connectivity index (χ3n) is 3.14. The average molecular weight is 238 g/mol. The number of hydrogen-bond acceptors (Lipinski definition) is 2. The molecule has 0 amide bonds. The Balaban J connectivity index is 2.10. The summed E-state index contributed by atoms with van der Waals surface area (Å²) in [4.78, 5) is 10.9. The minimum absolute atomic E-state index is 0.108. The zero-order chi connectivity index (χ0) is 12.3. The number of para-hydroxylation sites is 1. The van der Waals surface area contributed by atoms with Gasteiger partial charge in [-0.05, 0) is 30.9 Å². The summed E-state index contributed by atoms with van der Waals surface area (Å²) in [7, 11) is 0. The number of carbonyl (C=O) groups is 1. The van der Waals surface area contributed by atoms with E-state index in [9.17, 15) is 9.18 Å². The molecule has 4 heteroatoms. The zero-order valence-electron chi connectivity index (χ0n) is 9.49. The van der Waals surface area contributed by atoms with Crippen LogP contribution >= 0.6 is 0 Å². The van der Waals surface area contributed by atoms with Crippen LogP contribution in [0.3, 0.4) is 0 Å². The Morgan fingerprint density at radius 2 is 2.12 bits per heavy atom. The quantitative estimate of drug-likeness (QED) is 0.876. The lowest BCUT2D eigenvalue weighted by Crippen LogP contribution is -2.12. The van der Waals surface area contributed by atoms with Crippen LogP contribution in [0.2, 0.25) is 0 Å². The topological polar surface area (TPSA) is 46.5 Å². The van der Waals surface area contributed by atoms with E-state index in [1.54, 1.807) is 0 Å². The summed E-state index contributed by atoms with van der Waals surface area (Å²) in [5.41, 5.74) is -0.108. The van der Waals surface area contributed by atoms with Gasteiger partial charge in [0.15, 0.2) is 11.6 Å². The molecule has 92 valence electrons. The van der Waals surface area contributed by atoms with Crippen molar-refractivity contribution in [1.29, 1.82) is 0 Å². The second-order valence-electron chi connectivity index (χ2n) is 4.38. The number of carboxylic acids is 1. The highest BCUT2D eigenvalue weighted by atomic mass is 19.1. The molecule has 0 heterocycles. The molecule has 1 aliphatic rings. The Hall–Kier alpha value is -1.58. The van der Waals surface area contributed by atoms with Crippen molar-refractivity contribution in [3.8, 4) is 5.75 Å². The van der Waals surface area contributed by atoms with Crippen LogP contribution in [0.25, 0.3) is 0 Å². The molecular weight excluding hydrogens is 223 g/mol. The first kappa shape index (κ1) is 11.9. The van der Waals surface area contributed by atoms with Crippen molar-refractivity contribution in [2.45, 2.75) is 25.7 Å². The predicted octanol–water partition coefficient (Wildman–Crippen LogP) is 3.09. The van der Waals surface area contributed by atoms with Crippen LogP contribution in [-0.2, 0) is 0 Å². The van der Waals surface area contributed by atoms with Crippen LogP contribution in [0.4, 0.5) is 4.39 Å². The molecule has 1 aromatic rings. The molecule has 0 spiro atoms. The van der Waals surface area contributed by atoms with E-state index < -0.39 is 11.8 Å². The first-order chi connectivity index (χ1) is 8.18. The zero-order valence-corrected chi connectivity index (χ0v) is 9.49. The monoisotopic (exact) mass is 238 g/mol. The van der Waals surface area contributed by atoms with Crippen molar-refractivity contribution in [2.75, 3.05) is 6.61 Å². The van der Waals surface area contributed by atoms with Gasteiger partial charge in [-0.1, -0.05) is 18.9 Å². The summed E-state index contributed by atoms with van der Waals surface area (Å²) in [5.74, 6) is -1.48. The fourth-order valence-corrected chi connectivity index (χ4v) is 2.20. The van der Waals surface area contributed by atoms with Crippen molar-refractivity contribution in [3.05, 3.63) is 29.6 Å². The first-order valence-corrected chi connectivity index (χ1v) is 5.83. The van der Waals surface area contributed by atoms with E-state index in [2.05, 4.69) is 0 Å². The SMILES string of the molecule is O=C(O)c1cccc(F)c1OCC1CCCC1. The molecule has 0 radical (unpaired) electrons. The highest BCUT2D eigenvalue weighted by molar-refractivity contribution is 5.90. The fourth-order valence-electron chi connectivity index (χ4n) is 2.20. The molecule has 0 saturated heterocycles. The van der Waals surface area contributed by atoms with Gasteiger partial charge in [0.05, 0.1) is 6.61 Å². The van der Waals surface area contributed by atoms with Crippen molar-refractivity contribution in [1.82, 2.24) is 0 Å². The Labute approximate surface area is 99.2 Å². The van der Waals surface area contributed by atoms with Gasteiger partial charge in [0, 0.05) is 0 Å². The standard InChI is InChI=1S/C13H15FO3/c14-11-7-3-6-10(13(15)16)12(11)17-8-9-4-1-2-5-9/h3,6-7,9H,1-2,4-5,8H2,(H,15,16). The lowest BCUT2D eigenvalue weighted by Gasteiger charge is -2.13. The van der Waals surface area contributed by atoms with Crippen molar-refractivity contribution in [3.63, 3.8) is 0 Å². The Bertz CT molecular complexity index is 411. The summed E-state index contributed by atoms with van der Waals surface area (Å²) < 4.78 is 18.9.